The highest BCUT2D eigenvalue weighted by atomic mass is 35.5. The normalized spacial score (nSPS) is 10.9. The van der Waals surface area contributed by atoms with Gasteiger partial charge in [0.2, 0.25) is 17.2 Å². The zero-order valence-electron chi connectivity index (χ0n) is 12.4. The summed E-state index contributed by atoms with van der Waals surface area (Å²) in [7, 11) is 7.91. The van der Waals surface area contributed by atoms with Crippen LogP contribution >= 0.6 is 11.6 Å². The van der Waals surface area contributed by atoms with Crippen molar-refractivity contribution in [2.45, 2.75) is 13.3 Å². The number of hydrogen-bond donors (Lipinski definition) is 0. The van der Waals surface area contributed by atoms with E-state index in [9.17, 15) is 0 Å². The minimum Gasteiger partial charge on any atom is -0.347 e. The average molecular weight is 287 g/mol. The van der Waals surface area contributed by atoms with E-state index >= 15 is 0 Å². The van der Waals surface area contributed by atoms with Crippen LogP contribution in [-0.2, 0) is 0 Å². The molecule has 0 spiro atoms. The Balaban J connectivity index is 2.79. The molecule has 0 atom stereocenters. The van der Waals surface area contributed by atoms with Gasteiger partial charge in [0.05, 0.1) is 0 Å². The first kappa shape index (κ1) is 15.9. The second kappa shape index (κ2) is 7.45. The Bertz CT molecular complexity index is 396. The van der Waals surface area contributed by atoms with E-state index in [2.05, 4.69) is 45.8 Å². The summed E-state index contributed by atoms with van der Waals surface area (Å²) in [6.45, 7) is 4.88. The standard InChI is InChI=1S/C12H23ClN6/c1-6-19(9-7-8-17(2)3)12-15-10(13)14-11(16-12)18(4)5/h6-9H2,1-5H3. The number of anilines is 2. The van der Waals surface area contributed by atoms with Crippen molar-refractivity contribution in [1.29, 1.82) is 0 Å². The Hall–Kier alpha value is -1.14. The number of nitrogens with zero attached hydrogens (tertiary/aromatic N) is 6. The van der Waals surface area contributed by atoms with Gasteiger partial charge in [0.1, 0.15) is 0 Å². The zero-order chi connectivity index (χ0) is 14.4. The quantitative estimate of drug-likeness (QED) is 0.754. The summed E-state index contributed by atoms with van der Waals surface area (Å²) in [5.74, 6) is 1.23. The molecular weight excluding hydrogens is 264 g/mol. The SMILES string of the molecule is CCN(CCCN(C)C)c1nc(Cl)nc(N(C)C)n1. The third kappa shape index (κ3) is 5.16. The van der Waals surface area contributed by atoms with Crippen molar-refractivity contribution < 1.29 is 0 Å². The smallest absolute Gasteiger partial charge is 0.231 e. The fraction of sp³-hybridized carbons (Fsp3) is 0.750. The van der Waals surface area contributed by atoms with Crippen LogP contribution in [0.25, 0.3) is 0 Å². The second-order valence-electron chi connectivity index (χ2n) is 4.84. The maximum Gasteiger partial charge on any atom is 0.231 e. The van der Waals surface area contributed by atoms with E-state index in [0.717, 1.165) is 26.1 Å². The molecule has 0 saturated carbocycles. The minimum absolute atomic E-state index is 0.236. The van der Waals surface area contributed by atoms with Crippen LogP contribution in [0.3, 0.4) is 0 Å². The number of hydrogen-bond acceptors (Lipinski definition) is 6. The lowest BCUT2D eigenvalue weighted by atomic mass is 10.3. The molecule has 0 aliphatic heterocycles. The molecule has 0 aromatic carbocycles. The topological polar surface area (TPSA) is 48.4 Å². The van der Waals surface area contributed by atoms with Crippen LogP contribution in [0, 0.1) is 0 Å². The first-order valence-corrected chi connectivity index (χ1v) is 6.80. The molecule has 0 bridgehead atoms. The van der Waals surface area contributed by atoms with Crippen molar-refractivity contribution in [3.63, 3.8) is 0 Å². The molecular formula is C12H23ClN6. The van der Waals surface area contributed by atoms with Crippen LogP contribution in [0.1, 0.15) is 13.3 Å². The molecule has 0 aliphatic rings. The average Bonchev–Trinajstić information content (AvgIpc) is 2.33. The van der Waals surface area contributed by atoms with Gasteiger partial charge >= 0.3 is 0 Å². The highest BCUT2D eigenvalue weighted by Crippen LogP contribution is 2.15. The van der Waals surface area contributed by atoms with E-state index < -0.39 is 0 Å². The lowest BCUT2D eigenvalue weighted by molar-refractivity contribution is 0.400. The predicted molar refractivity (Wildman–Crippen MR) is 80.2 cm³/mol. The molecule has 108 valence electrons. The molecule has 7 heteroatoms. The van der Waals surface area contributed by atoms with Gasteiger partial charge in [-0.2, -0.15) is 15.0 Å². The van der Waals surface area contributed by atoms with Crippen molar-refractivity contribution in [2.75, 3.05) is 57.6 Å². The van der Waals surface area contributed by atoms with E-state index in [-0.39, 0.29) is 5.28 Å². The molecule has 0 radical (unpaired) electrons. The molecule has 0 unspecified atom stereocenters. The third-order valence-electron chi connectivity index (χ3n) is 2.68. The van der Waals surface area contributed by atoms with Crippen LogP contribution in [-0.4, -0.2) is 67.7 Å². The van der Waals surface area contributed by atoms with Gasteiger partial charge in [-0.25, -0.2) is 0 Å². The largest absolute Gasteiger partial charge is 0.347 e. The number of rotatable bonds is 7. The first-order valence-electron chi connectivity index (χ1n) is 6.42. The molecule has 0 N–H and O–H groups in total. The summed E-state index contributed by atoms with van der Waals surface area (Å²) in [6, 6.07) is 0. The van der Waals surface area contributed by atoms with Gasteiger partial charge in [-0.3, -0.25) is 0 Å². The van der Waals surface area contributed by atoms with Crippen LogP contribution in [0.4, 0.5) is 11.9 Å². The maximum absolute atomic E-state index is 5.96. The van der Waals surface area contributed by atoms with Gasteiger partial charge in [0.25, 0.3) is 0 Å². The van der Waals surface area contributed by atoms with Crippen molar-refractivity contribution in [3.05, 3.63) is 5.28 Å². The van der Waals surface area contributed by atoms with E-state index in [0.29, 0.717) is 11.9 Å². The number of aromatic nitrogens is 3. The Morgan fingerprint density at radius 3 is 2.11 bits per heavy atom. The van der Waals surface area contributed by atoms with Crippen molar-refractivity contribution in [1.82, 2.24) is 19.9 Å². The summed E-state index contributed by atoms with van der Waals surface area (Å²) < 4.78 is 0. The third-order valence-corrected chi connectivity index (χ3v) is 2.85. The van der Waals surface area contributed by atoms with Crippen molar-refractivity contribution in [2.24, 2.45) is 0 Å². The van der Waals surface area contributed by atoms with E-state index in [1.165, 1.54) is 0 Å². The van der Waals surface area contributed by atoms with Crippen molar-refractivity contribution in [3.8, 4) is 0 Å². The Labute approximate surface area is 120 Å². The Morgan fingerprint density at radius 2 is 1.58 bits per heavy atom. The predicted octanol–water partition coefficient (Wildman–Crippen LogP) is 1.37. The summed E-state index contributed by atoms with van der Waals surface area (Å²) in [6.07, 6.45) is 1.06. The van der Waals surface area contributed by atoms with Gasteiger partial charge < -0.3 is 14.7 Å². The molecule has 6 nitrogen and oxygen atoms in total. The minimum atomic E-state index is 0.236. The lowest BCUT2D eigenvalue weighted by Crippen LogP contribution is -2.29. The van der Waals surface area contributed by atoms with Crippen LogP contribution < -0.4 is 9.80 Å². The molecule has 0 aliphatic carbocycles. The van der Waals surface area contributed by atoms with Crippen molar-refractivity contribution >= 4 is 23.5 Å². The highest BCUT2D eigenvalue weighted by molar-refractivity contribution is 6.28. The maximum atomic E-state index is 5.96. The molecule has 1 rings (SSSR count). The summed E-state index contributed by atoms with van der Waals surface area (Å²) >= 11 is 5.96. The van der Waals surface area contributed by atoms with Gasteiger partial charge in [-0.15, -0.1) is 0 Å². The molecule has 0 saturated heterocycles. The molecule has 1 heterocycles. The Morgan fingerprint density at radius 1 is 0.947 bits per heavy atom. The fourth-order valence-corrected chi connectivity index (χ4v) is 1.80. The molecule has 0 fully saturated rings. The molecule has 19 heavy (non-hydrogen) atoms. The van der Waals surface area contributed by atoms with Crippen LogP contribution in [0.2, 0.25) is 5.28 Å². The molecule has 0 amide bonds. The van der Waals surface area contributed by atoms with E-state index in [1.54, 1.807) is 0 Å². The second-order valence-corrected chi connectivity index (χ2v) is 5.17. The summed E-state index contributed by atoms with van der Waals surface area (Å²) in [5, 5.41) is 0.236. The Kier molecular flexibility index (Phi) is 6.24. The van der Waals surface area contributed by atoms with Crippen LogP contribution in [0.15, 0.2) is 0 Å². The fourth-order valence-electron chi connectivity index (χ4n) is 1.65. The molecule has 1 aromatic rings. The van der Waals surface area contributed by atoms with Gasteiger partial charge in [0.15, 0.2) is 0 Å². The highest BCUT2D eigenvalue weighted by Gasteiger charge is 2.12. The lowest BCUT2D eigenvalue weighted by Gasteiger charge is -2.22. The number of halogens is 1. The zero-order valence-corrected chi connectivity index (χ0v) is 13.1. The first-order chi connectivity index (χ1) is 8.93. The summed E-state index contributed by atoms with van der Waals surface area (Å²) in [4.78, 5) is 18.8. The van der Waals surface area contributed by atoms with E-state index in [1.807, 2.05) is 19.0 Å². The van der Waals surface area contributed by atoms with Crippen LogP contribution in [0.5, 0.6) is 0 Å². The van der Waals surface area contributed by atoms with E-state index in [4.69, 9.17) is 11.6 Å². The molecule has 1 aromatic heterocycles. The van der Waals surface area contributed by atoms with Gasteiger partial charge in [-0.05, 0) is 45.6 Å². The monoisotopic (exact) mass is 286 g/mol. The van der Waals surface area contributed by atoms with Gasteiger partial charge in [-0.1, -0.05) is 0 Å². The summed E-state index contributed by atoms with van der Waals surface area (Å²) in [5.41, 5.74) is 0. The van der Waals surface area contributed by atoms with Gasteiger partial charge in [0, 0.05) is 27.2 Å².